The van der Waals surface area contributed by atoms with E-state index < -0.39 is 5.92 Å². The highest BCUT2D eigenvalue weighted by atomic mass is 32.1. The van der Waals surface area contributed by atoms with Gasteiger partial charge in [-0.05, 0) is 54.3 Å². The van der Waals surface area contributed by atoms with Crippen LogP contribution in [0.4, 0.5) is 0 Å². The minimum atomic E-state index is -0.408. The lowest BCUT2D eigenvalue weighted by atomic mass is 9.73. The van der Waals surface area contributed by atoms with Gasteiger partial charge < -0.3 is 19.5 Å². The summed E-state index contributed by atoms with van der Waals surface area (Å²) >= 11 is 1.55. The number of hydrogen-bond donors (Lipinski definition) is 1. The fourth-order valence-corrected chi connectivity index (χ4v) is 5.56. The number of dihydropyridines is 1. The minimum Gasteiger partial charge on any atom is -0.493 e. The van der Waals surface area contributed by atoms with Crippen LogP contribution < -0.4 is 14.8 Å². The number of benzene rings is 1. The number of esters is 1. The highest BCUT2D eigenvalue weighted by Gasteiger charge is 2.42. The zero-order valence-corrected chi connectivity index (χ0v) is 21.1. The molecule has 0 unspecified atom stereocenters. The number of allylic oxidation sites excluding steroid dienone is 3. The molecule has 1 aromatic heterocycles. The molecule has 0 saturated carbocycles. The summed E-state index contributed by atoms with van der Waals surface area (Å²) in [5.74, 6) is 0.818. The number of ether oxygens (including phenoxy) is 3. The molecule has 7 heteroatoms. The number of carbonyl (C=O) groups excluding carboxylic acids is 2. The zero-order valence-electron chi connectivity index (χ0n) is 20.3. The molecule has 0 spiro atoms. The fraction of sp³-hybridized carbons (Fsp3) is 0.407. The number of rotatable bonds is 7. The van der Waals surface area contributed by atoms with Crippen molar-refractivity contribution < 1.29 is 23.8 Å². The Morgan fingerprint density at radius 1 is 1.15 bits per heavy atom. The van der Waals surface area contributed by atoms with Crippen LogP contribution in [0.15, 0.2) is 58.3 Å². The van der Waals surface area contributed by atoms with Gasteiger partial charge >= 0.3 is 5.97 Å². The number of thiophene rings is 1. The summed E-state index contributed by atoms with van der Waals surface area (Å²) in [6.45, 7) is 6.24. The highest BCUT2D eigenvalue weighted by Crippen LogP contribution is 2.47. The number of Topliss-reactive ketones (excluding diaryl/α,β-unsaturated/α-hetero) is 1. The van der Waals surface area contributed by atoms with Crippen LogP contribution in [0.3, 0.4) is 0 Å². The standard InChI is InChI=1S/C27H31NO5S/c1-15(2)14-33-27(30)24-16(3)28-19-11-18(17-8-9-21(31-4)22(13-17)32-5)12-20(29)25(19)26(24)23-7-6-10-34-23/h6-10,13,15,18,26,28H,11-12,14H2,1-5H3/t18-,26-/m0/s1. The molecule has 1 aliphatic heterocycles. The molecule has 180 valence electrons. The molecule has 0 bridgehead atoms. The SMILES string of the molecule is COc1ccc([C@@H]2CC(=O)C3=C(C2)NC(C)=C(C(=O)OCC(C)C)[C@@H]3c2cccs2)cc1OC. The largest absolute Gasteiger partial charge is 0.493 e. The van der Waals surface area contributed by atoms with Gasteiger partial charge in [0, 0.05) is 28.3 Å². The summed E-state index contributed by atoms with van der Waals surface area (Å²) in [4.78, 5) is 27.7. The van der Waals surface area contributed by atoms with Crippen molar-refractivity contribution in [1.82, 2.24) is 5.32 Å². The highest BCUT2D eigenvalue weighted by molar-refractivity contribution is 7.10. The quantitative estimate of drug-likeness (QED) is 0.539. The van der Waals surface area contributed by atoms with Crippen molar-refractivity contribution in [2.24, 2.45) is 5.92 Å². The van der Waals surface area contributed by atoms with Crippen LogP contribution in [0.1, 0.15) is 55.9 Å². The van der Waals surface area contributed by atoms with E-state index in [-0.39, 0.29) is 23.6 Å². The number of hydrogen-bond acceptors (Lipinski definition) is 7. The summed E-state index contributed by atoms with van der Waals surface area (Å²) in [5, 5.41) is 5.37. The monoisotopic (exact) mass is 481 g/mol. The molecule has 0 amide bonds. The molecule has 1 aliphatic carbocycles. The van der Waals surface area contributed by atoms with Crippen molar-refractivity contribution >= 4 is 23.1 Å². The van der Waals surface area contributed by atoms with Crippen LogP contribution in [0, 0.1) is 5.92 Å². The molecule has 1 N–H and O–H groups in total. The van der Waals surface area contributed by atoms with Gasteiger partial charge in [0.25, 0.3) is 0 Å². The Hall–Kier alpha value is -3.06. The molecule has 6 nitrogen and oxygen atoms in total. The topological polar surface area (TPSA) is 73.9 Å². The molecular formula is C27H31NO5S. The van der Waals surface area contributed by atoms with Gasteiger partial charge in [-0.15, -0.1) is 11.3 Å². The van der Waals surface area contributed by atoms with E-state index in [1.54, 1.807) is 25.6 Å². The van der Waals surface area contributed by atoms with Crippen molar-refractivity contribution in [2.45, 2.75) is 45.4 Å². The maximum atomic E-state index is 13.6. The lowest BCUT2D eigenvalue weighted by molar-refractivity contribution is -0.140. The number of methoxy groups -OCH3 is 2. The summed E-state index contributed by atoms with van der Waals surface area (Å²) in [6, 6.07) is 9.75. The lowest BCUT2D eigenvalue weighted by Gasteiger charge is -2.36. The molecule has 34 heavy (non-hydrogen) atoms. The Balaban J connectivity index is 1.70. The second-order valence-corrected chi connectivity index (χ2v) is 10.1. The van der Waals surface area contributed by atoms with E-state index in [4.69, 9.17) is 14.2 Å². The van der Waals surface area contributed by atoms with Gasteiger partial charge in [-0.3, -0.25) is 4.79 Å². The van der Waals surface area contributed by atoms with E-state index in [1.807, 2.05) is 56.5 Å². The van der Waals surface area contributed by atoms with E-state index in [0.717, 1.165) is 21.8 Å². The molecule has 4 rings (SSSR count). The minimum absolute atomic E-state index is 0.00443. The van der Waals surface area contributed by atoms with Crippen molar-refractivity contribution in [3.05, 3.63) is 68.7 Å². The van der Waals surface area contributed by atoms with Gasteiger partial charge in [0.05, 0.1) is 32.3 Å². The Labute approximate surface area is 204 Å². The molecule has 0 saturated heterocycles. The summed E-state index contributed by atoms with van der Waals surface area (Å²) in [7, 11) is 3.21. The molecular weight excluding hydrogens is 450 g/mol. The summed E-state index contributed by atoms with van der Waals surface area (Å²) in [6.07, 6.45) is 1.04. The first-order valence-corrected chi connectivity index (χ1v) is 12.4. The van der Waals surface area contributed by atoms with E-state index in [2.05, 4.69) is 5.32 Å². The second-order valence-electron chi connectivity index (χ2n) is 9.14. The van der Waals surface area contributed by atoms with Gasteiger partial charge in [0.15, 0.2) is 17.3 Å². The van der Waals surface area contributed by atoms with Crippen LogP contribution in [-0.4, -0.2) is 32.6 Å². The Bertz CT molecular complexity index is 1150. The Kier molecular flexibility index (Phi) is 7.12. The lowest BCUT2D eigenvalue weighted by Crippen LogP contribution is -2.36. The molecule has 2 atom stereocenters. The molecule has 2 aliphatic rings. The zero-order chi connectivity index (χ0) is 24.4. The number of carbonyl (C=O) groups is 2. The molecule has 0 fully saturated rings. The first-order chi connectivity index (χ1) is 16.3. The Morgan fingerprint density at radius 2 is 1.91 bits per heavy atom. The third kappa shape index (κ3) is 4.62. The van der Waals surface area contributed by atoms with Crippen LogP contribution >= 0.6 is 11.3 Å². The third-order valence-electron chi connectivity index (χ3n) is 6.30. The van der Waals surface area contributed by atoms with Gasteiger partial charge in [-0.25, -0.2) is 4.79 Å². The molecule has 1 aromatic carbocycles. The van der Waals surface area contributed by atoms with Crippen LogP contribution in [0.2, 0.25) is 0 Å². The fourth-order valence-electron chi connectivity index (χ4n) is 4.71. The molecule has 2 heterocycles. The second kappa shape index (κ2) is 10.1. The number of nitrogens with one attached hydrogen (secondary N) is 1. The van der Waals surface area contributed by atoms with Gasteiger partial charge in [0.2, 0.25) is 0 Å². The summed E-state index contributed by atoms with van der Waals surface area (Å²) < 4.78 is 16.4. The van der Waals surface area contributed by atoms with E-state index in [1.165, 1.54) is 0 Å². The van der Waals surface area contributed by atoms with Gasteiger partial charge in [-0.2, -0.15) is 0 Å². The van der Waals surface area contributed by atoms with Crippen LogP contribution in [0.5, 0.6) is 11.5 Å². The van der Waals surface area contributed by atoms with Gasteiger partial charge in [-0.1, -0.05) is 26.0 Å². The first-order valence-electron chi connectivity index (χ1n) is 11.5. The van der Waals surface area contributed by atoms with E-state index in [0.29, 0.717) is 42.1 Å². The maximum absolute atomic E-state index is 13.6. The van der Waals surface area contributed by atoms with Gasteiger partial charge in [0.1, 0.15) is 0 Å². The van der Waals surface area contributed by atoms with Crippen molar-refractivity contribution in [1.29, 1.82) is 0 Å². The van der Waals surface area contributed by atoms with Crippen molar-refractivity contribution in [3.63, 3.8) is 0 Å². The van der Waals surface area contributed by atoms with Crippen molar-refractivity contribution in [2.75, 3.05) is 20.8 Å². The van der Waals surface area contributed by atoms with Crippen LogP contribution in [-0.2, 0) is 14.3 Å². The van der Waals surface area contributed by atoms with Crippen molar-refractivity contribution in [3.8, 4) is 11.5 Å². The molecule has 2 aromatic rings. The number of ketones is 1. The first kappa shape index (κ1) is 24.1. The smallest absolute Gasteiger partial charge is 0.336 e. The maximum Gasteiger partial charge on any atom is 0.336 e. The molecule has 0 radical (unpaired) electrons. The predicted octanol–water partition coefficient (Wildman–Crippen LogP) is 5.33. The van der Waals surface area contributed by atoms with Crippen LogP contribution in [0.25, 0.3) is 0 Å². The van der Waals surface area contributed by atoms with E-state index >= 15 is 0 Å². The van der Waals surface area contributed by atoms with E-state index in [9.17, 15) is 9.59 Å². The normalized spacial score (nSPS) is 20.2. The average Bonchev–Trinajstić information content (AvgIpc) is 3.35. The third-order valence-corrected chi connectivity index (χ3v) is 7.24. The Morgan fingerprint density at radius 3 is 2.56 bits per heavy atom. The predicted molar refractivity (Wildman–Crippen MR) is 132 cm³/mol. The summed E-state index contributed by atoms with van der Waals surface area (Å²) in [5.41, 5.74) is 3.86. The average molecular weight is 482 g/mol.